The third kappa shape index (κ3) is 4.97. The molecule has 0 spiro atoms. The number of ether oxygens (including phenoxy) is 2. The van der Waals surface area contributed by atoms with E-state index < -0.39 is 0 Å². The predicted molar refractivity (Wildman–Crippen MR) is 67.2 cm³/mol. The second-order valence-electron chi connectivity index (χ2n) is 3.89. The predicted octanol–water partition coefficient (Wildman–Crippen LogP) is 1.90. The van der Waals surface area contributed by atoms with E-state index in [2.05, 4.69) is 5.32 Å². The lowest BCUT2D eigenvalue weighted by Gasteiger charge is -2.08. The largest absolute Gasteiger partial charge is 0.382 e. The average molecular weight is 237 g/mol. The van der Waals surface area contributed by atoms with Crippen LogP contribution in [-0.2, 0) is 14.3 Å². The summed E-state index contributed by atoms with van der Waals surface area (Å²) >= 11 is 0. The molecule has 4 nitrogen and oxygen atoms in total. The van der Waals surface area contributed by atoms with Gasteiger partial charge in [0.2, 0.25) is 5.91 Å². The zero-order valence-electron chi connectivity index (χ0n) is 10.6. The van der Waals surface area contributed by atoms with Crippen LogP contribution in [0.5, 0.6) is 0 Å². The topological polar surface area (TPSA) is 47.6 Å². The van der Waals surface area contributed by atoms with Crippen LogP contribution in [0.1, 0.15) is 11.1 Å². The van der Waals surface area contributed by atoms with Crippen molar-refractivity contribution in [3.8, 4) is 0 Å². The van der Waals surface area contributed by atoms with Crippen LogP contribution in [0.25, 0.3) is 0 Å². The van der Waals surface area contributed by atoms with Crippen molar-refractivity contribution in [3.05, 3.63) is 29.3 Å². The van der Waals surface area contributed by atoms with E-state index in [0.29, 0.717) is 13.2 Å². The maximum Gasteiger partial charge on any atom is 0.250 e. The SMILES string of the molecule is COCCOCC(=O)Nc1ccc(C)c(C)c1. The number of benzene rings is 1. The van der Waals surface area contributed by atoms with Crippen molar-refractivity contribution in [2.75, 3.05) is 32.2 Å². The molecule has 0 aromatic heterocycles. The summed E-state index contributed by atoms with van der Waals surface area (Å²) in [6, 6.07) is 5.81. The number of carbonyl (C=O) groups is 1. The molecule has 0 unspecified atom stereocenters. The first kappa shape index (κ1) is 13.7. The van der Waals surface area contributed by atoms with Gasteiger partial charge >= 0.3 is 0 Å². The number of rotatable bonds is 6. The van der Waals surface area contributed by atoms with Gasteiger partial charge in [-0.1, -0.05) is 6.07 Å². The minimum absolute atomic E-state index is 0.0519. The van der Waals surface area contributed by atoms with Crippen LogP contribution in [-0.4, -0.2) is 32.8 Å². The van der Waals surface area contributed by atoms with Crippen molar-refractivity contribution in [1.82, 2.24) is 0 Å². The fourth-order valence-electron chi connectivity index (χ4n) is 1.32. The summed E-state index contributed by atoms with van der Waals surface area (Å²) in [4.78, 5) is 11.5. The van der Waals surface area contributed by atoms with Crippen molar-refractivity contribution in [2.45, 2.75) is 13.8 Å². The molecule has 0 radical (unpaired) electrons. The Morgan fingerprint density at radius 2 is 2.00 bits per heavy atom. The molecule has 0 aliphatic heterocycles. The van der Waals surface area contributed by atoms with Gasteiger partial charge in [0.1, 0.15) is 6.61 Å². The van der Waals surface area contributed by atoms with Crippen molar-refractivity contribution in [2.24, 2.45) is 0 Å². The lowest BCUT2D eigenvalue weighted by molar-refractivity contribution is -0.121. The van der Waals surface area contributed by atoms with Gasteiger partial charge < -0.3 is 14.8 Å². The van der Waals surface area contributed by atoms with Gasteiger partial charge in [-0.15, -0.1) is 0 Å². The highest BCUT2D eigenvalue weighted by atomic mass is 16.5. The Morgan fingerprint density at radius 1 is 1.24 bits per heavy atom. The van der Waals surface area contributed by atoms with E-state index >= 15 is 0 Å². The Morgan fingerprint density at radius 3 is 2.65 bits per heavy atom. The molecular formula is C13H19NO3. The third-order valence-corrected chi connectivity index (χ3v) is 2.46. The van der Waals surface area contributed by atoms with Crippen LogP contribution in [0.15, 0.2) is 18.2 Å². The zero-order chi connectivity index (χ0) is 12.7. The number of hydrogen-bond donors (Lipinski definition) is 1. The Balaban J connectivity index is 2.37. The molecule has 4 heteroatoms. The fourth-order valence-corrected chi connectivity index (χ4v) is 1.32. The Hall–Kier alpha value is -1.39. The second kappa shape index (κ2) is 7.04. The number of carbonyl (C=O) groups excluding carboxylic acids is 1. The Kier molecular flexibility index (Phi) is 5.66. The van der Waals surface area contributed by atoms with Gasteiger partial charge in [-0.05, 0) is 37.1 Å². The number of anilines is 1. The number of aryl methyl sites for hydroxylation is 2. The number of amides is 1. The van der Waals surface area contributed by atoms with Crippen LogP contribution in [0.3, 0.4) is 0 Å². The van der Waals surface area contributed by atoms with Gasteiger partial charge in [-0.2, -0.15) is 0 Å². The molecule has 1 amide bonds. The van der Waals surface area contributed by atoms with Gasteiger partial charge in [-0.3, -0.25) is 4.79 Å². The van der Waals surface area contributed by atoms with E-state index in [0.717, 1.165) is 11.3 Å². The highest BCUT2D eigenvalue weighted by Gasteiger charge is 2.03. The van der Waals surface area contributed by atoms with Crippen LogP contribution in [0.4, 0.5) is 5.69 Å². The molecule has 0 aliphatic carbocycles. The van der Waals surface area contributed by atoms with E-state index in [1.165, 1.54) is 5.56 Å². The molecule has 0 atom stereocenters. The van der Waals surface area contributed by atoms with E-state index in [4.69, 9.17) is 9.47 Å². The molecule has 17 heavy (non-hydrogen) atoms. The van der Waals surface area contributed by atoms with Crippen LogP contribution in [0, 0.1) is 13.8 Å². The summed E-state index contributed by atoms with van der Waals surface area (Å²) in [5.74, 6) is -0.149. The minimum atomic E-state index is -0.149. The molecule has 1 aromatic rings. The lowest BCUT2D eigenvalue weighted by Crippen LogP contribution is -2.19. The second-order valence-corrected chi connectivity index (χ2v) is 3.89. The maximum absolute atomic E-state index is 11.5. The number of nitrogens with one attached hydrogen (secondary N) is 1. The number of hydrogen-bond acceptors (Lipinski definition) is 3. The van der Waals surface area contributed by atoms with Crippen LogP contribution in [0.2, 0.25) is 0 Å². The first-order valence-electron chi connectivity index (χ1n) is 5.57. The highest BCUT2D eigenvalue weighted by Crippen LogP contribution is 2.13. The molecule has 94 valence electrons. The smallest absolute Gasteiger partial charge is 0.250 e. The molecule has 1 aromatic carbocycles. The normalized spacial score (nSPS) is 10.3. The molecule has 0 aliphatic rings. The molecule has 1 rings (SSSR count). The zero-order valence-corrected chi connectivity index (χ0v) is 10.6. The van der Waals surface area contributed by atoms with Crippen LogP contribution >= 0.6 is 0 Å². The first-order chi connectivity index (χ1) is 8.13. The summed E-state index contributed by atoms with van der Waals surface area (Å²) in [5.41, 5.74) is 3.16. The average Bonchev–Trinajstić information content (AvgIpc) is 2.30. The van der Waals surface area contributed by atoms with Gasteiger partial charge in [0.25, 0.3) is 0 Å². The van der Waals surface area contributed by atoms with Crippen molar-refractivity contribution >= 4 is 11.6 Å². The standard InChI is InChI=1S/C13H19NO3/c1-10-4-5-12(8-11(10)2)14-13(15)9-17-7-6-16-3/h4-5,8H,6-7,9H2,1-3H3,(H,14,15). The van der Waals surface area contributed by atoms with Gasteiger partial charge in [0.05, 0.1) is 13.2 Å². The summed E-state index contributed by atoms with van der Waals surface area (Å²) in [7, 11) is 1.60. The molecule has 0 fully saturated rings. The Bertz CT molecular complexity index is 377. The van der Waals surface area contributed by atoms with Gasteiger partial charge in [0.15, 0.2) is 0 Å². The van der Waals surface area contributed by atoms with E-state index in [-0.39, 0.29) is 12.5 Å². The quantitative estimate of drug-likeness (QED) is 0.769. The van der Waals surface area contributed by atoms with E-state index in [1.807, 2.05) is 32.0 Å². The van der Waals surface area contributed by atoms with Crippen molar-refractivity contribution < 1.29 is 14.3 Å². The summed E-state index contributed by atoms with van der Waals surface area (Å²) < 4.78 is 9.94. The fraction of sp³-hybridized carbons (Fsp3) is 0.462. The van der Waals surface area contributed by atoms with E-state index in [1.54, 1.807) is 7.11 Å². The molecule has 0 saturated heterocycles. The highest BCUT2D eigenvalue weighted by molar-refractivity contribution is 5.91. The van der Waals surface area contributed by atoms with Crippen LogP contribution < -0.4 is 5.32 Å². The number of methoxy groups -OCH3 is 1. The molecule has 1 N–H and O–H groups in total. The summed E-state index contributed by atoms with van der Waals surface area (Å²) in [6.45, 7) is 5.03. The molecule has 0 bridgehead atoms. The third-order valence-electron chi connectivity index (χ3n) is 2.46. The van der Waals surface area contributed by atoms with Gasteiger partial charge in [-0.25, -0.2) is 0 Å². The van der Waals surface area contributed by atoms with Crippen molar-refractivity contribution in [3.63, 3.8) is 0 Å². The first-order valence-corrected chi connectivity index (χ1v) is 5.57. The lowest BCUT2D eigenvalue weighted by atomic mass is 10.1. The molecular weight excluding hydrogens is 218 g/mol. The van der Waals surface area contributed by atoms with E-state index in [9.17, 15) is 4.79 Å². The minimum Gasteiger partial charge on any atom is -0.382 e. The monoisotopic (exact) mass is 237 g/mol. The van der Waals surface area contributed by atoms with Gasteiger partial charge in [0, 0.05) is 12.8 Å². The molecule has 0 heterocycles. The Labute approximate surface area is 102 Å². The van der Waals surface area contributed by atoms with Crippen molar-refractivity contribution in [1.29, 1.82) is 0 Å². The summed E-state index contributed by atoms with van der Waals surface area (Å²) in [6.07, 6.45) is 0. The maximum atomic E-state index is 11.5. The summed E-state index contributed by atoms with van der Waals surface area (Å²) in [5, 5.41) is 2.78. The molecule has 0 saturated carbocycles.